The third kappa shape index (κ3) is 3.48. The van der Waals surface area contributed by atoms with Crippen molar-refractivity contribution in [2.75, 3.05) is 11.9 Å². The zero-order valence-electron chi connectivity index (χ0n) is 12.1. The van der Waals surface area contributed by atoms with Crippen molar-refractivity contribution in [2.24, 2.45) is 0 Å². The van der Waals surface area contributed by atoms with E-state index in [1.54, 1.807) is 12.1 Å². The van der Waals surface area contributed by atoms with Gasteiger partial charge in [0, 0.05) is 4.47 Å². The van der Waals surface area contributed by atoms with Gasteiger partial charge < -0.3 is 10.1 Å². The Labute approximate surface area is 143 Å². The molecular formula is C16H10BrF2N3O2. The number of hydrogen-bond acceptors (Lipinski definition) is 4. The predicted octanol–water partition coefficient (Wildman–Crippen LogP) is 3.69. The molecule has 1 aromatic heterocycles. The van der Waals surface area contributed by atoms with Gasteiger partial charge in [0.25, 0.3) is 5.91 Å². The fourth-order valence-corrected chi connectivity index (χ4v) is 2.41. The number of carbonyl (C=O) groups is 1. The molecular weight excluding hydrogens is 384 g/mol. The van der Waals surface area contributed by atoms with E-state index < -0.39 is 29.8 Å². The van der Waals surface area contributed by atoms with Gasteiger partial charge in [-0.05, 0) is 30.3 Å². The second kappa shape index (κ2) is 6.88. The molecule has 3 rings (SSSR count). The van der Waals surface area contributed by atoms with Gasteiger partial charge in [0.05, 0.1) is 10.9 Å². The van der Waals surface area contributed by atoms with Gasteiger partial charge in [-0.15, -0.1) is 0 Å². The van der Waals surface area contributed by atoms with Crippen LogP contribution in [0.3, 0.4) is 0 Å². The molecule has 0 saturated carbocycles. The smallest absolute Gasteiger partial charge is 0.262 e. The summed E-state index contributed by atoms with van der Waals surface area (Å²) in [5, 5.41) is 2.75. The molecule has 24 heavy (non-hydrogen) atoms. The number of nitrogens with one attached hydrogen (secondary N) is 1. The topological polar surface area (TPSA) is 64.1 Å². The molecule has 0 bridgehead atoms. The van der Waals surface area contributed by atoms with Crippen LogP contribution in [-0.2, 0) is 4.79 Å². The van der Waals surface area contributed by atoms with E-state index in [0.29, 0.717) is 10.9 Å². The number of hydrogen-bond donors (Lipinski definition) is 1. The van der Waals surface area contributed by atoms with Gasteiger partial charge in [-0.1, -0.05) is 22.0 Å². The van der Waals surface area contributed by atoms with Crippen LogP contribution >= 0.6 is 15.9 Å². The molecule has 0 atom stereocenters. The molecule has 2 aromatic carbocycles. The molecule has 0 spiro atoms. The minimum Gasteiger partial charge on any atom is -0.467 e. The molecule has 0 radical (unpaired) electrons. The van der Waals surface area contributed by atoms with Crippen molar-refractivity contribution in [3.05, 3.63) is 58.8 Å². The molecule has 0 saturated heterocycles. The second-order valence-electron chi connectivity index (χ2n) is 4.77. The Balaban J connectivity index is 1.74. The fraction of sp³-hybridized carbons (Fsp3) is 0.0625. The minimum absolute atomic E-state index is 0.199. The third-order valence-electron chi connectivity index (χ3n) is 3.13. The van der Waals surface area contributed by atoms with Crippen LogP contribution < -0.4 is 10.1 Å². The van der Waals surface area contributed by atoms with E-state index in [9.17, 15) is 13.6 Å². The minimum atomic E-state index is -0.861. The Morgan fingerprint density at radius 3 is 2.67 bits per heavy atom. The van der Waals surface area contributed by atoms with Gasteiger partial charge in [-0.25, -0.2) is 18.7 Å². The van der Waals surface area contributed by atoms with E-state index in [4.69, 9.17) is 4.74 Å². The lowest BCUT2D eigenvalue weighted by molar-refractivity contribution is -0.118. The summed E-state index contributed by atoms with van der Waals surface area (Å²) < 4.78 is 33.2. The molecule has 0 aliphatic carbocycles. The van der Waals surface area contributed by atoms with Crippen LogP contribution in [0.5, 0.6) is 5.88 Å². The lowest BCUT2D eigenvalue weighted by Crippen LogP contribution is -2.22. The molecule has 0 unspecified atom stereocenters. The number of amides is 1. The van der Waals surface area contributed by atoms with Crippen molar-refractivity contribution in [3.8, 4) is 5.88 Å². The average Bonchev–Trinajstić information content (AvgIpc) is 2.56. The van der Waals surface area contributed by atoms with Gasteiger partial charge >= 0.3 is 0 Å². The van der Waals surface area contributed by atoms with Gasteiger partial charge in [-0.2, -0.15) is 0 Å². The van der Waals surface area contributed by atoms with Crippen molar-refractivity contribution in [1.82, 2.24) is 9.97 Å². The number of fused-ring (bicyclic) bond motifs is 1. The molecule has 0 fully saturated rings. The third-order valence-corrected chi connectivity index (χ3v) is 3.62. The molecule has 1 heterocycles. The Morgan fingerprint density at radius 2 is 1.92 bits per heavy atom. The first-order valence-corrected chi connectivity index (χ1v) is 7.61. The van der Waals surface area contributed by atoms with Crippen molar-refractivity contribution in [3.63, 3.8) is 0 Å². The number of carbonyl (C=O) groups excluding carboxylic acids is 1. The number of benzene rings is 2. The highest BCUT2D eigenvalue weighted by Crippen LogP contribution is 2.25. The highest BCUT2D eigenvalue weighted by Gasteiger charge is 2.13. The first kappa shape index (κ1) is 16.3. The first-order chi connectivity index (χ1) is 11.5. The van der Waals surface area contributed by atoms with Crippen molar-refractivity contribution < 1.29 is 18.3 Å². The molecule has 1 N–H and O–H groups in total. The largest absolute Gasteiger partial charge is 0.467 e. The lowest BCUT2D eigenvalue weighted by Gasteiger charge is -2.09. The van der Waals surface area contributed by atoms with E-state index in [1.807, 2.05) is 6.07 Å². The summed E-state index contributed by atoms with van der Waals surface area (Å²) in [6.07, 6.45) is 1.31. The fourth-order valence-electron chi connectivity index (χ4n) is 2.05. The van der Waals surface area contributed by atoms with E-state index in [0.717, 1.165) is 16.6 Å². The molecule has 3 aromatic rings. The highest BCUT2D eigenvalue weighted by molar-refractivity contribution is 9.10. The Kier molecular flexibility index (Phi) is 4.66. The molecule has 0 aliphatic heterocycles. The SMILES string of the molecule is O=C(COc1ncnc2ccc(Br)cc12)Nc1c(F)cccc1F. The Hall–Kier alpha value is -2.61. The zero-order chi connectivity index (χ0) is 17.1. The van der Waals surface area contributed by atoms with Crippen LogP contribution in [0.2, 0.25) is 0 Å². The molecule has 5 nitrogen and oxygen atoms in total. The number of nitrogens with zero attached hydrogens (tertiary/aromatic N) is 2. The maximum Gasteiger partial charge on any atom is 0.262 e. The van der Waals surface area contributed by atoms with Crippen LogP contribution in [0.1, 0.15) is 0 Å². The summed E-state index contributed by atoms with van der Waals surface area (Å²) in [5.74, 6) is -2.23. The summed E-state index contributed by atoms with van der Waals surface area (Å²) in [7, 11) is 0. The summed E-state index contributed by atoms with van der Waals surface area (Å²) in [6.45, 7) is -0.452. The Bertz CT molecular complexity index is 901. The average molecular weight is 394 g/mol. The van der Waals surface area contributed by atoms with Crippen LogP contribution in [0.15, 0.2) is 47.2 Å². The predicted molar refractivity (Wildman–Crippen MR) is 87.7 cm³/mol. The standard InChI is InChI=1S/C16H10BrF2N3O2/c17-9-4-5-13-10(6-9)16(21-8-20-13)24-7-14(23)22-15-11(18)2-1-3-12(15)19/h1-6,8H,7H2,(H,22,23). The van der Waals surface area contributed by atoms with E-state index in [1.165, 1.54) is 12.4 Å². The maximum absolute atomic E-state index is 13.5. The summed E-state index contributed by atoms with van der Waals surface area (Å²) in [4.78, 5) is 19.9. The molecule has 1 amide bonds. The molecule has 122 valence electrons. The van der Waals surface area contributed by atoms with Crippen molar-refractivity contribution in [1.29, 1.82) is 0 Å². The lowest BCUT2D eigenvalue weighted by atomic mass is 10.2. The monoisotopic (exact) mass is 393 g/mol. The summed E-state index contributed by atoms with van der Waals surface area (Å²) in [5.41, 5.74) is 0.130. The highest BCUT2D eigenvalue weighted by atomic mass is 79.9. The van der Waals surface area contributed by atoms with Crippen LogP contribution in [0.25, 0.3) is 10.9 Å². The number of para-hydroxylation sites is 1. The normalized spacial score (nSPS) is 10.6. The second-order valence-corrected chi connectivity index (χ2v) is 5.69. The van der Waals surface area contributed by atoms with Gasteiger partial charge in [0.15, 0.2) is 6.61 Å². The van der Waals surface area contributed by atoms with E-state index >= 15 is 0 Å². The van der Waals surface area contributed by atoms with Crippen molar-refractivity contribution in [2.45, 2.75) is 0 Å². The number of anilines is 1. The molecule has 0 aliphatic rings. The van der Waals surface area contributed by atoms with Crippen LogP contribution in [0.4, 0.5) is 14.5 Å². The van der Waals surface area contributed by atoms with Crippen molar-refractivity contribution >= 4 is 38.4 Å². The van der Waals surface area contributed by atoms with E-state index in [-0.39, 0.29) is 5.88 Å². The zero-order valence-corrected chi connectivity index (χ0v) is 13.7. The summed E-state index contributed by atoms with van der Waals surface area (Å²) >= 11 is 3.33. The van der Waals surface area contributed by atoms with Crippen LogP contribution in [-0.4, -0.2) is 22.5 Å². The van der Waals surface area contributed by atoms with Gasteiger partial charge in [0.1, 0.15) is 23.6 Å². The quantitative estimate of drug-likeness (QED) is 0.733. The number of aromatic nitrogens is 2. The number of halogens is 3. The number of rotatable bonds is 4. The first-order valence-electron chi connectivity index (χ1n) is 6.81. The van der Waals surface area contributed by atoms with Gasteiger partial charge in [-0.3, -0.25) is 4.79 Å². The van der Waals surface area contributed by atoms with E-state index in [2.05, 4.69) is 31.2 Å². The maximum atomic E-state index is 13.5. The Morgan fingerprint density at radius 1 is 1.17 bits per heavy atom. The van der Waals surface area contributed by atoms with Gasteiger partial charge in [0.2, 0.25) is 5.88 Å². The number of ether oxygens (including phenoxy) is 1. The van der Waals surface area contributed by atoms with Crippen LogP contribution in [0, 0.1) is 11.6 Å². The molecule has 8 heteroatoms. The summed E-state index contributed by atoms with van der Waals surface area (Å²) in [6, 6.07) is 8.64.